The molecule has 66 valence electrons. The number of ether oxygens (including phenoxy) is 1. The zero-order valence-corrected chi connectivity index (χ0v) is 8.23. The normalized spacial score (nSPS) is 15.6. The van der Waals surface area contributed by atoms with Crippen LogP contribution in [0.25, 0.3) is 0 Å². The van der Waals surface area contributed by atoms with Crippen LogP contribution >= 0.6 is 12.6 Å². The van der Waals surface area contributed by atoms with E-state index in [1.165, 1.54) is 0 Å². The molecular formula is C8H16O2S. The van der Waals surface area contributed by atoms with E-state index in [0.29, 0.717) is 5.75 Å². The van der Waals surface area contributed by atoms with E-state index in [4.69, 9.17) is 4.74 Å². The minimum absolute atomic E-state index is 0.0323. The second-order valence-electron chi connectivity index (χ2n) is 2.74. The summed E-state index contributed by atoms with van der Waals surface area (Å²) < 4.78 is 5.06. The molecule has 2 nitrogen and oxygen atoms in total. The highest BCUT2D eigenvalue weighted by Crippen LogP contribution is 2.05. The number of rotatable bonds is 4. The van der Waals surface area contributed by atoms with Crippen LogP contribution in [0.4, 0.5) is 0 Å². The number of hydrogen-bond donors (Lipinski definition) is 1. The van der Waals surface area contributed by atoms with Gasteiger partial charge in [0.25, 0.3) is 0 Å². The van der Waals surface area contributed by atoms with Gasteiger partial charge in [0.1, 0.15) is 0 Å². The van der Waals surface area contributed by atoms with E-state index in [9.17, 15) is 4.79 Å². The van der Waals surface area contributed by atoms with Crippen molar-refractivity contribution in [1.29, 1.82) is 0 Å². The zero-order valence-electron chi connectivity index (χ0n) is 7.33. The molecule has 0 aliphatic heterocycles. The topological polar surface area (TPSA) is 26.3 Å². The van der Waals surface area contributed by atoms with E-state index in [2.05, 4.69) is 12.6 Å². The molecule has 0 aromatic carbocycles. The first-order chi connectivity index (χ1) is 5.11. The lowest BCUT2D eigenvalue weighted by Crippen LogP contribution is -2.21. The summed E-state index contributed by atoms with van der Waals surface area (Å²) >= 11 is 4.01. The quantitative estimate of drug-likeness (QED) is 0.523. The molecule has 3 heteroatoms. The Balaban J connectivity index is 3.68. The zero-order chi connectivity index (χ0) is 8.85. The number of hydrogen-bond acceptors (Lipinski definition) is 3. The van der Waals surface area contributed by atoms with Gasteiger partial charge in [0.15, 0.2) is 0 Å². The number of carbonyl (C=O) groups is 1. The van der Waals surface area contributed by atoms with Crippen LogP contribution in [0.5, 0.6) is 0 Å². The molecule has 0 radical (unpaired) electrons. The Morgan fingerprint density at radius 1 is 1.55 bits per heavy atom. The van der Waals surface area contributed by atoms with Crippen molar-refractivity contribution < 1.29 is 9.53 Å². The molecule has 0 rings (SSSR count). The van der Waals surface area contributed by atoms with E-state index < -0.39 is 0 Å². The average Bonchev–Trinajstić information content (AvgIpc) is 2.02. The molecule has 0 N–H and O–H groups in total. The predicted molar refractivity (Wildman–Crippen MR) is 48.9 cm³/mol. The molecule has 0 saturated heterocycles. The van der Waals surface area contributed by atoms with E-state index in [1.807, 2.05) is 20.8 Å². The van der Waals surface area contributed by atoms with Gasteiger partial charge in [-0.25, -0.2) is 0 Å². The first-order valence-corrected chi connectivity index (χ1v) is 4.56. The molecule has 0 aliphatic carbocycles. The van der Waals surface area contributed by atoms with Crippen LogP contribution in [0.15, 0.2) is 0 Å². The third-order valence-corrected chi connectivity index (χ3v) is 2.12. The van der Waals surface area contributed by atoms with Crippen molar-refractivity contribution in [2.24, 2.45) is 5.92 Å². The van der Waals surface area contributed by atoms with Gasteiger partial charge in [-0.05, 0) is 13.3 Å². The van der Waals surface area contributed by atoms with Crippen LogP contribution in [-0.2, 0) is 9.53 Å². The Morgan fingerprint density at radius 2 is 2.09 bits per heavy atom. The summed E-state index contributed by atoms with van der Waals surface area (Å²) in [6.07, 6.45) is 0.898. The molecule has 0 spiro atoms. The fourth-order valence-corrected chi connectivity index (χ4v) is 0.621. The van der Waals surface area contributed by atoms with Gasteiger partial charge in [0.2, 0.25) is 0 Å². The summed E-state index contributed by atoms with van der Waals surface area (Å²) in [7, 11) is 0. The van der Waals surface area contributed by atoms with E-state index >= 15 is 0 Å². The van der Waals surface area contributed by atoms with Crippen LogP contribution in [0, 0.1) is 5.92 Å². The smallest absolute Gasteiger partial charge is 0.309 e. The third kappa shape index (κ3) is 4.30. The van der Waals surface area contributed by atoms with E-state index in [1.54, 1.807) is 0 Å². The molecule has 0 aromatic rings. The van der Waals surface area contributed by atoms with Crippen LogP contribution in [-0.4, -0.2) is 17.8 Å². The fraction of sp³-hybridized carbons (Fsp3) is 0.875. The van der Waals surface area contributed by atoms with Crippen molar-refractivity contribution in [3.8, 4) is 0 Å². The largest absolute Gasteiger partial charge is 0.462 e. The minimum Gasteiger partial charge on any atom is -0.462 e. The lowest BCUT2D eigenvalue weighted by Gasteiger charge is -2.13. The number of thiol groups is 1. The van der Waals surface area contributed by atoms with Crippen molar-refractivity contribution in [2.45, 2.75) is 33.3 Å². The summed E-state index contributed by atoms with van der Waals surface area (Å²) in [6, 6.07) is 0. The van der Waals surface area contributed by atoms with Gasteiger partial charge >= 0.3 is 5.97 Å². The Morgan fingerprint density at radius 3 is 2.45 bits per heavy atom. The number of esters is 1. The van der Waals surface area contributed by atoms with Gasteiger partial charge in [-0.2, -0.15) is 12.6 Å². The summed E-state index contributed by atoms with van der Waals surface area (Å²) in [5.74, 6) is 0.316. The molecule has 2 unspecified atom stereocenters. The summed E-state index contributed by atoms with van der Waals surface area (Å²) in [4.78, 5) is 11.1. The summed E-state index contributed by atoms with van der Waals surface area (Å²) in [6.45, 7) is 5.70. The molecule has 0 saturated carbocycles. The molecule has 2 atom stereocenters. The van der Waals surface area contributed by atoms with Crippen molar-refractivity contribution in [2.75, 3.05) is 5.75 Å². The maximum absolute atomic E-state index is 11.1. The molecule has 0 aromatic heterocycles. The van der Waals surface area contributed by atoms with Crippen molar-refractivity contribution >= 4 is 18.6 Å². The maximum Gasteiger partial charge on any atom is 0.309 e. The second-order valence-corrected chi connectivity index (χ2v) is 3.10. The Labute approximate surface area is 73.7 Å². The van der Waals surface area contributed by atoms with Crippen LogP contribution in [0.3, 0.4) is 0 Å². The van der Waals surface area contributed by atoms with Crippen LogP contribution in [0.1, 0.15) is 27.2 Å². The molecule has 0 aliphatic rings. The van der Waals surface area contributed by atoms with E-state index in [-0.39, 0.29) is 18.0 Å². The van der Waals surface area contributed by atoms with E-state index in [0.717, 1.165) is 6.42 Å². The van der Waals surface area contributed by atoms with Gasteiger partial charge in [-0.3, -0.25) is 4.79 Å². The molecule has 11 heavy (non-hydrogen) atoms. The fourth-order valence-electron chi connectivity index (χ4n) is 0.472. The molecule has 0 fully saturated rings. The van der Waals surface area contributed by atoms with Crippen molar-refractivity contribution in [3.63, 3.8) is 0 Å². The lowest BCUT2D eigenvalue weighted by molar-refractivity contribution is -0.151. The standard InChI is InChI=1S/C8H16O2S/c1-4-7(3)10-8(9)6(2)5-11/h6-7,11H,4-5H2,1-3H3. The lowest BCUT2D eigenvalue weighted by atomic mass is 10.2. The van der Waals surface area contributed by atoms with Gasteiger partial charge < -0.3 is 4.74 Å². The predicted octanol–water partition coefficient (Wildman–Crippen LogP) is 1.89. The van der Waals surface area contributed by atoms with Gasteiger partial charge in [-0.15, -0.1) is 0 Å². The van der Waals surface area contributed by atoms with Gasteiger partial charge in [-0.1, -0.05) is 13.8 Å². The second kappa shape index (κ2) is 5.47. The monoisotopic (exact) mass is 176 g/mol. The van der Waals surface area contributed by atoms with Gasteiger partial charge in [0, 0.05) is 5.75 Å². The highest BCUT2D eigenvalue weighted by Gasteiger charge is 2.14. The molecule has 0 bridgehead atoms. The Hall–Kier alpha value is -0.180. The first-order valence-electron chi connectivity index (χ1n) is 3.93. The minimum atomic E-state index is -0.144. The SMILES string of the molecule is CCC(C)OC(=O)C(C)CS. The third-order valence-electron chi connectivity index (χ3n) is 1.57. The van der Waals surface area contributed by atoms with Crippen molar-refractivity contribution in [3.05, 3.63) is 0 Å². The van der Waals surface area contributed by atoms with Gasteiger partial charge in [0.05, 0.1) is 12.0 Å². The van der Waals surface area contributed by atoms with Crippen LogP contribution < -0.4 is 0 Å². The maximum atomic E-state index is 11.1. The van der Waals surface area contributed by atoms with Crippen LogP contribution in [0.2, 0.25) is 0 Å². The molecular weight excluding hydrogens is 160 g/mol. The number of carbonyl (C=O) groups excluding carboxylic acids is 1. The Bertz CT molecular complexity index is 125. The highest BCUT2D eigenvalue weighted by atomic mass is 32.1. The average molecular weight is 176 g/mol. The van der Waals surface area contributed by atoms with Crippen molar-refractivity contribution in [1.82, 2.24) is 0 Å². The summed E-state index contributed by atoms with van der Waals surface area (Å²) in [5, 5.41) is 0. The molecule has 0 heterocycles. The molecule has 0 amide bonds. The Kier molecular flexibility index (Phi) is 5.38. The highest BCUT2D eigenvalue weighted by molar-refractivity contribution is 7.80. The first kappa shape index (κ1) is 10.8. The summed E-state index contributed by atoms with van der Waals surface area (Å²) in [5.41, 5.74) is 0.